The van der Waals surface area contributed by atoms with Gasteiger partial charge >= 0.3 is 0 Å². The van der Waals surface area contributed by atoms with Crippen LogP contribution in [0, 0.1) is 0 Å². The Bertz CT molecular complexity index is 57.8. The summed E-state index contributed by atoms with van der Waals surface area (Å²) in [7, 11) is 0. The van der Waals surface area contributed by atoms with Crippen molar-refractivity contribution in [1.29, 1.82) is 0 Å². The largest absolute Gasteiger partial charge is 0.160 e. The highest BCUT2D eigenvalue weighted by atomic mass is 79.9. The molecule has 0 rings (SSSR count). The molecule has 0 saturated carbocycles. The Hall–Kier alpha value is 0.500. The molecule has 0 aromatic rings. The lowest BCUT2D eigenvalue weighted by Crippen LogP contribution is -1.44. The van der Waals surface area contributed by atoms with Crippen molar-refractivity contribution in [3.63, 3.8) is 0 Å². The van der Waals surface area contributed by atoms with Gasteiger partial charge in [0, 0.05) is 9.89 Å². The van der Waals surface area contributed by atoms with Crippen LogP contribution in [0.1, 0.15) is 6.92 Å². The standard InChI is InChI=1S/C3H4BrFS/c1-3(4)2-6-5/h2H,1H3/b3-2+. The molecule has 3 heteroatoms. The van der Waals surface area contributed by atoms with Gasteiger partial charge < -0.3 is 0 Å². The smallest absolute Gasteiger partial charge is 0.0740 e. The van der Waals surface area contributed by atoms with Gasteiger partial charge in [-0.1, -0.05) is 15.9 Å². The van der Waals surface area contributed by atoms with Crippen molar-refractivity contribution in [3.05, 3.63) is 9.89 Å². The minimum absolute atomic E-state index is 0.201. The van der Waals surface area contributed by atoms with Crippen molar-refractivity contribution in [1.82, 2.24) is 0 Å². The molecule has 0 aromatic heterocycles. The van der Waals surface area contributed by atoms with Crippen LogP contribution in [0.2, 0.25) is 0 Å². The third kappa shape index (κ3) is 4.50. The van der Waals surface area contributed by atoms with Gasteiger partial charge in [0.05, 0.1) is 12.1 Å². The maximum absolute atomic E-state index is 11.1. The Morgan fingerprint density at radius 1 is 2.00 bits per heavy atom. The normalized spacial score (nSPS) is 12.2. The SMILES string of the molecule is C/C(Br)=C\SF. The molecule has 0 atom stereocenters. The van der Waals surface area contributed by atoms with E-state index in [0.717, 1.165) is 4.48 Å². The van der Waals surface area contributed by atoms with E-state index in [1.165, 1.54) is 5.41 Å². The zero-order valence-electron chi connectivity index (χ0n) is 3.24. The van der Waals surface area contributed by atoms with Crippen molar-refractivity contribution in [2.75, 3.05) is 0 Å². The Kier molecular flexibility index (Phi) is 3.99. The summed E-state index contributed by atoms with van der Waals surface area (Å²) in [5.74, 6) is 0. The Labute approximate surface area is 49.2 Å². The van der Waals surface area contributed by atoms with Gasteiger partial charge in [0.15, 0.2) is 0 Å². The quantitative estimate of drug-likeness (QED) is 0.584. The Balaban J connectivity index is 3.14. The van der Waals surface area contributed by atoms with Crippen LogP contribution in [-0.4, -0.2) is 0 Å². The van der Waals surface area contributed by atoms with Gasteiger partial charge in [0.1, 0.15) is 0 Å². The van der Waals surface area contributed by atoms with E-state index in [4.69, 9.17) is 0 Å². The van der Waals surface area contributed by atoms with Crippen molar-refractivity contribution in [2.24, 2.45) is 0 Å². The second-order valence-corrected chi connectivity index (χ2v) is 2.46. The van der Waals surface area contributed by atoms with Crippen molar-refractivity contribution >= 4 is 28.1 Å². The molecule has 36 valence electrons. The van der Waals surface area contributed by atoms with E-state index >= 15 is 0 Å². The van der Waals surface area contributed by atoms with Gasteiger partial charge in [-0.2, -0.15) is 3.89 Å². The fraction of sp³-hybridized carbons (Fsp3) is 0.333. The molecule has 0 radical (unpaired) electrons. The zero-order valence-corrected chi connectivity index (χ0v) is 5.64. The van der Waals surface area contributed by atoms with Gasteiger partial charge in [0.2, 0.25) is 0 Å². The third-order valence-corrected chi connectivity index (χ3v) is 1.18. The molecule has 0 nitrogen and oxygen atoms in total. The number of hydrogen-bond acceptors (Lipinski definition) is 1. The molecule has 0 heterocycles. The molecule has 0 amide bonds. The summed E-state index contributed by atoms with van der Waals surface area (Å²) in [5, 5.41) is 1.38. The topological polar surface area (TPSA) is 0 Å². The van der Waals surface area contributed by atoms with Crippen LogP contribution < -0.4 is 0 Å². The third-order valence-electron chi connectivity index (χ3n) is 0.207. The van der Waals surface area contributed by atoms with Crippen LogP contribution in [0.5, 0.6) is 0 Å². The summed E-state index contributed by atoms with van der Waals surface area (Å²) in [5.41, 5.74) is 0. The van der Waals surface area contributed by atoms with E-state index in [1.807, 2.05) is 0 Å². The predicted molar refractivity (Wildman–Crippen MR) is 31.4 cm³/mol. The molecule has 0 N–H and O–H groups in total. The number of hydrogen-bond donors (Lipinski definition) is 0. The maximum atomic E-state index is 11.1. The molecule has 6 heavy (non-hydrogen) atoms. The first-order chi connectivity index (χ1) is 2.77. The fourth-order valence-electron chi connectivity index (χ4n) is 0.0614. The van der Waals surface area contributed by atoms with Gasteiger partial charge in [-0.05, 0) is 6.92 Å². The van der Waals surface area contributed by atoms with E-state index in [2.05, 4.69) is 15.9 Å². The lowest BCUT2D eigenvalue weighted by atomic mass is 10.8. The second kappa shape index (κ2) is 3.68. The number of halogens is 2. The van der Waals surface area contributed by atoms with Crippen LogP contribution >= 0.6 is 28.1 Å². The highest BCUT2D eigenvalue weighted by molar-refractivity contribution is 9.11. The maximum Gasteiger partial charge on any atom is 0.0740 e. The zero-order chi connectivity index (χ0) is 4.99. The van der Waals surface area contributed by atoms with Gasteiger partial charge in [-0.25, -0.2) is 0 Å². The predicted octanol–water partition coefficient (Wildman–Crippen LogP) is 2.86. The molecule has 0 saturated heterocycles. The molecular weight excluding hydrogens is 167 g/mol. The second-order valence-electron chi connectivity index (χ2n) is 0.794. The molecule has 0 aliphatic rings. The molecular formula is C3H4BrFS. The lowest BCUT2D eigenvalue weighted by Gasteiger charge is -1.74. The number of allylic oxidation sites excluding steroid dienone is 1. The molecule has 0 unspecified atom stereocenters. The van der Waals surface area contributed by atoms with E-state index in [-0.39, 0.29) is 12.1 Å². The average Bonchev–Trinajstić information content (AvgIpc) is 1.35. The highest BCUT2D eigenvalue weighted by Crippen LogP contribution is 2.10. The van der Waals surface area contributed by atoms with Gasteiger partial charge in [0.25, 0.3) is 0 Å². The van der Waals surface area contributed by atoms with Crippen LogP contribution in [0.25, 0.3) is 0 Å². The van der Waals surface area contributed by atoms with Crippen molar-refractivity contribution < 1.29 is 3.89 Å². The van der Waals surface area contributed by atoms with E-state index in [1.54, 1.807) is 6.92 Å². The van der Waals surface area contributed by atoms with Crippen molar-refractivity contribution in [2.45, 2.75) is 6.92 Å². The summed E-state index contributed by atoms with van der Waals surface area (Å²) in [4.78, 5) is 0. The molecule has 0 aromatic carbocycles. The van der Waals surface area contributed by atoms with Crippen LogP contribution in [-0.2, 0) is 0 Å². The minimum Gasteiger partial charge on any atom is -0.160 e. The first-order valence-corrected chi connectivity index (χ1v) is 2.94. The highest BCUT2D eigenvalue weighted by Gasteiger charge is 1.73. The molecule has 0 aliphatic heterocycles. The summed E-state index contributed by atoms with van der Waals surface area (Å²) in [6.45, 7) is 1.77. The molecule has 0 spiro atoms. The van der Waals surface area contributed by atoms with Crippen LogP contribution in [0.4, 0.5) is 3.89 Å². The lowest BCUT2D eigenvalue weighted by molar-refractivity contribution is 0.947. The van der Waals surface area contributed by atoms with E-state index in [0.29, 0.717) is 0 Å². The first kappa shape index (κ1) is 6.50. The first-order valence-electron chi connectivity index (χ1n) is 1.37. The Morgan fingerprint density at radius 2 is 2.50 bits per heavy atom. The van der Waals surface area contributed by atoms with E-state index < -0.39 is 0 Å². The summed E-state index contributed by atoms with van der Waals surface area (Å²) in [6.07, 6.45) is 0. The summed E-state index contributed by atoms with van der Waals surface area (Å²) in [6, 6.07) is 0. The number of rotatable bonds is 1. The summed E-state index contributed by atoms with van der Waals surface area (Å²) >= 11 is 3.24. The molecule has 0 aliphatic carbocycles. The van der Waals surface area contributed by atoms with Gasteiger partial charge in [-0.3, -0.25) is 0 Å². The molecule has 0 bridgehead atoms. The molecule has 0 fully saturated rings. The minimum atomic E-state index is 0.201. The Morgan fingerprint density at radius 3 is 2.50 bits per heavy atom. The fourth-order valence-corrected chi connectivity index (χ4v) is 0.396. The monoisotopic (exact) mass is 170 g/mol. The summed E-state index contributed by atoms with van der Waals surface area (Å²) < 4.78 is 11.9. The van der Waals surface area contributed by atoms with Gasteiger partial charge in [-0.15, -0.1) is 0 Å². The van der Waals surface area contributed by atoms with Crippen LogP contribution in [0.15, 0.2) is 9.89 Å². The van der Waals surface area contributed by atoms with Crippen LogP contribution in [0.3, 0.4) is 0 Å². The van der Waals surface area contributed by atoms with Crippen molar-refractivity contribution in [3.8, 4) is 0 Å². The average molecular weight is 171 g/mol. The van der Waals surface area contributed by atoms with E-state index in [9.17, 15) is 3.89 Å².